The molecule has 0 saturated heterocycles. The van der Waals surface area contributed by atoms with Crippen LogP contribution in [0.3, 0.4) is 0 Å². The molecule has 5 heteroatoms. The zero-order chi connectivity index (χ0) is 4.41. The van der Waals surface area contributed by atoms with Crippen molar-refractivity contribution in [3.8, 4) is 0 Å². The molecule has 1 aliphatic rings. The SMILES string of the molecule is O=C1P=NN=P1. The Labute approximate surface area is 37.5 Å². The molecule has 0 bridgehead atoms. The molecule has 30 valence electrons. The number of rotatable bonds is 0. The van der Waals surface area contributed by atoms with Gasteiger partial charge in [-0.05, 0) is 0 Å². The molecule has 0 aromatic carbocycles. The van der Waals surface area contributed by atoms with Crippen molar-refractivity contribution < 1.29 is 4.79 Å². The summed E-state index contributed by atoms with van der Waals surface area (Å²) in [7, 11) is 0.994. The molecule has 0 saturated carbocycles. The average Bonchev–Trinajstić information content (AvgIpc) is 1.86. The van der Waals surface area contributed by atoms with E-state index in [0.29, 0.717) is 16.7 Å². The first-order valence-electron chi connectivity index (χ1n) is 1.25. The van der Waals surface area contributed by atoms with Crippen molar-refractivity contribution in [2.24, 2.45) is 9.71 Å². The van der Waals surface area contributed by atoms with Crippen LogP contribution < -0.4 is 0 Å². The minimum Gasteiger partial charge on any atom is -0.276 e. The molecule has 1 aliphatic heterocycles. The van der Waals surface area contributed by atoms with E-state index >= 15 is 0 Å². The topological polar surface area (TPSA) is 41.8 Å². The highest BCUT2D eigenvalue weighted by atomic mass is 31.1. The fourth-order valence-corrected chi connectivity index (χ4v) is 1.01. The molecule has 0 unspecified atom stereocenters. The molecule has 3 nitrogen and oxygen atoms in total. The maximum Gasteiger partial charge on any atom is 0.271 e. The summed E-state index contributed by atoms with van der Waals surface area (Å²) in [6.45, 7) is 0. The van der Waals surface area contributed by atoms with E-state index in [1.165, 1.54) is 0 Å². The van der Waals surface area contributed by atoms with Crippen LogP contribution in [0, 0.1) is 0 Å². The van der Waals surface area contributed by atoms with Gasteiger partial charge >= 0.3 is 0 Å². The van der Waals surface area contributed by atoms with Crippen molar-refractivity contribution in [1.29, 1.82) is 0 Å². The van der Waals surface area contributed by atoms with E-state index in [2.05, 4.69) is 9.71 Å². The Balaban J connectivity index is 2.86. The zero-order valence-corrected chi connectivity index (χ0v) is 4.49. The summed E-state index contributed by atoms with van der Waals surface area (Å²) in [5.74, 6) is 0. The van der Waals surface area contributed by atoms with Gasteiger partial charge in [0.25, 0.3) is 5.27 Å². The van der Waals surface area contributed by atoms with Crippen LogP contribution in [0.5, 0.6) is 0 Å². The molecule has 1 heterocycles. The smallest absolute Gasteiger partial charge is 0.271 e. The Morgan fingerprint density at radius 3 is 2.00 bits per heavy atom. The third-order valence-electron chi connectivity index (χ3n) is 0.301. The third kappa shape index (κ3) is 0.675. The Morgan fingerprint density at radius 1 is 1.33 bits per heavy atom. The third-order valence-corrected chi connectivity index (χ3v) is 1.68. The Bertz CT molecular complexity index is 114. The Morgan fingerprint density at radius 2 is 1.83 bits per heavy atom. The predicted octanol–water partition coefficient (Wildman–Crippen LogP) is 2.29. The van der Waals surface area contributed by atoms with Gasteiger partial charge in [-0.3, -0.25) is 4.79 Å². The first-order chi connectivity index (χ1) is 2.89. The van der Waals surface area contributed by atoms with E-state index < -0.39 is 0 Å². The summed E-state index contributed by atoms with van der Waals surface area (Å²) in [5.41, 5.74) is 0. The van der Waals surface area contributed by atoms with Crippen molar-refractivity contribution in [3.05, 3.63) is 0 Å². The van der Waals surface area contributed by atoms with Crippen molar-refractivity contribution in [3.63, 3.8) is 0 Å². The average molecular weight is 118 g/mol. The summed E-state index contributed by atoms with van der Waals surface area (Å²) in [5, 5.41) is 0.0648. The van der Waals surface area contributed by atoms with Crippen molar-refractivity contribution >= 4 is 22.0 Å². The molecule has 0 aromatic heterocycles. The quantitative estimate of drug-likeness (QED) is 0.450. The number of carbonyl (C=O) groups excluding carboxylic acids is 1. The van der Waals surface area contributed by atoms with E-state index in [1.807, 2.05) is 0 Å². The molecule has 0 aromatic rings. The van der Waals surface area contributed by atoms with Crippen molar-refractivity contribution in [2.75, 3.05) is 0 Å². The van der Waals surface area contributed by atoms with Crippen LogP contribution in [0.4, 0.5) is 4.79 Å². The lowest BCUT2D eigenvalue weighted by molar-refractivity contribution is 0.276. The monoisotopic (exact) mass is 118 g/mol. The van der Waals surface area contributed by atoms with Gasteiger partial charge in [0.15, 0.2) is 0 Å². The van der Waals surface area contributed by atoms with Gasteiger partial charge in [0.2, 0.25) is 0 Å². The predicted molar refractivity (Wildman–Crippen MR) is 24.1 cm³/mol. The van der Waals surface area contributed by atoms with Gasteiger partial charge in [0, 0.05) is 0 Å². The van der Waals surface area contributed by atoms with Crippen LogP contribution in [-0.4, -0.2) is 5.27 Å². The molecule has 0 amide bonds. The first kappa shape index (κ1) is 4.04. The number of carbonyl (C=O) groups is 1. The zero-order valence-electron chi connectivity index (χ0n) is 2.70. The lowest BCUT2D eigenvalue weighted by Crippen LogP contribution is -1.47. The summed E-state index contributed by atoms with van der Waals surface area (Å²) in [4.78, 5) is 16.8. The highest BCUT2D eigenvalue weighted by Crippen LogP contribution is 2.24. The normalized spacial score (nSPS) is 22.3. The number of hydrogen-bond donors (Lipinski definition) is 0. The standard InChI is InChI=1S/CN2OP2/c4-1-5-2-3-6-1. The summed E-state index contributed by atoms with van der Waals surface area (Å²) in [6, 6.07) is 0. The van der Waals surface area contributed by atoms with E-state index in [4.69, 9.17) is 0 Å². The second-order valence-corrected chi connectivity index (χ2v) is 2.58. The van der Waals surface area contributed by atoms with Gasteiger partial charge in [-0.15, -0.1) is 9.71 Å². The van der Waals surface area contributed by atoms with E-state index in [-0.39, 0.29) is 5.27 Å². The Hall–Kier alpha value is -0.130. The van der Waals surface area contributed by atoms with Crippen LogP contribution in [0.15, 0.2) is 9.71 Å². The molecule has 0 radical (unpaired) electrons. The maximum atomic E-state index is 10.0. The van der Waals surface area contributed by atoms with Crippen molar-refractivity contribution in [2.45, 2.75) is 0 Å². The minimum absolute atomic E-state index is 0.0648. The fraction of sp³-hybridized carbons (Fsp3) is 0. The molecule has 0 fully saturated rings. The molecule has 1 rings (SSSR count). The fourth-order valence-electron chi connectivity index (χ4n) is 0.137. The molecule has 6 heavy (non-hydrogen) atoms. The summed E-state index contributed by atoms with van der Waals surface area (Å²) < 4.78 is 0. The van der Waals surface area contributed by atoms with E-state index in [1.54, 1.807) is 0 Å². The van der Waals surface area contributed by atoms with Crippen LogP contribution in [0.2, 0.25) is 0 Å². The maximum absolute atomic E-state index is 10.0. The lowest BCUT2D eigenvalue weighted by Gasteiger charge is -1.52. The number of nitrogens with zero attached hydrogens (tertiary/aromatic N) is 2. The summed E-state index contributed by atoms with van der Waals surface area (Å²) >= 11 is 0. The van der Waals surface area contributed by atoms with E-state index in [9.17, 15) is 4.79 Å². The van der Waals surface area contributed by atoms with E-state index in [0.717, 1.165) is 0 Å². The minimum atomic E-state index is 0.0648. The van der Waals surface area contributed by atoms with Gasteiger partial charge in [0.05, 0.1) is 0 Å². The summed E-state index contributed by atoms with van der Waals surface area (Å²) in [6.07, 6.45) is 0. The molecular formula is CN2OP2. The highest BCUT2D eigenvalue weighted by Gasteiger charge is 1.96. The first-order valence-corrected chi connectivity index (χ1v) is 2.95. The second-order valence-electron chi connectivity index (χ2n) is 0.661. The van der Waals surface area contributed by atoms with Gasteiger partial charge < -0.3 is 0 Å². The van der Waals surface area contributed by atoms with Crippen LogP contribution >= 0.6 is 16.7 Å². The van der Waals surface area contributed by atoms with Crippen molar-refractivity contribution in [1.82, 2.24) is 0 Å². The van der Waals surface area contributed by atoms with Gasteiger partial charge in [-0.25, -0.2) is 0 Å². The number of hydrogen-bond acceptors (Lipinski definition) is 3. The van der Waals surface area contributed by atoms with Gasteiger partial charge in [-0.2, -0.15) is 0 Å². The molecule has 0 aliphatic carbocycles. The van der Waals surface area contributed by atoms with Gasteiger partial charge in [-0.1, -0.05) is 0 Å². The molecule has 0 atom stereocenters. The second kappa shape index (κ2) is 1.55. The van der Waals surface area contributed by atoms with Crippen LogP contribution in [-0.2, 0) is 0 Å². The molecule has 0 N–H and O–H groups in total. The molecule has 0 spiro atoms. The Kier molecular flexibility index (Phi) is 1.04. The van der Waals surface area contributed by atoms with Crippen LogP contribution in [0.25, 0.3) is 0 Å². The van der Waals surface area contributed by atoms with Gasteiger partial charge in [0.1, 0.15) is 16.7 Å². The highest BCUT2D eigenvalue weighted by molar-refractivity contribution is 7.78. The van der Waals surface area contributed by atoms with Crippen LogP contribution in [0.1, 0.15) is 0 Å². The lowest BCUT2D eigenvalue weighted by atomic mass is 11.8. The molecular weight excluding hydrogens is 118 g/mol. The largest absolute Gasteiger partial charge is 0.276 e.